The lowest BCUT2D eigenvalue weighted by Crippen LogP contribution is -2.31. The summed E-state index contributed by atoms with van der Waals surface area (Å²) in [6.07, 6.45) is 0. The third kappa shape index (κ3) is 5.44. The maximum absolute atomic E-state index is 12.6. The first kappa shape index (κ1) is 21.7. The van der Waals surface area contributed by atoms with Crippen molar-refractivity contribution < 1.29 is 19.2 Å². The maximum atomic E-state index is 12.6. The number of ether oxygens (including phenoxy) is 1. The number of nitrogens with one attached hydrogen (secondary N) is 2. The molecule has 0 saturated carbocycles. The van der Waals surface area contributed by atoms with E-state index >= 15 is 0 Å². The zero-order chi connectivity index (χ0) is 21.4. The molecule has 0 unspecified atom stereocenters. The summed E-state index contributed by atoms with van der Waals surface area (Å²) in [6.45, 7) is 4.89. The second kappa shape index (κ2) is 10.1. The van der Waals surface area contributed by atoms with Crippen molar-refractivity contribution >= 4 is 28.9 Å². The molecule has 0 heterocycles. The van der Waals surface area contributed by atoms with Crippen molar-refractivity contribution in [2.24, 2.45) is 0 Å². The molecule has 0 atom stereocenters. The van der Waals surface area contributed by atoms with Crippen LogP contribution >= 0.6 is 0 Å². The number of carbonyl (C=O) groups excluding carboxylic acids is 2. The van der Waals surface area contributed by atoms with Gasteiger partial charge in [0.05, 0.1) is 35.9 Å². The standard InChI is InChI=1S/C20H24N4O5/c1-4-23(5-2)20(26)15-8-6-7-9-16(15)21-13-19(25)22-17-11-10-14(24(27)28)12-18(17)29-3/h6-12,21H,4-5,13H2,1-3H3,(H,22,25). The van der Waals surface area contributed by atoms with Crippen molar-refractivity contribution in [1.82, 2.24) is 4.90 Å². The van der Waals surface area contributed by atoms with Gasteiger partial charge in [0.15, 0.2) is 0 Å². The topological polar surface area (TPSA) is 114 Å². The molecule has 2 N–H and O–H groups in total. The molecular weight excluding hydrogens is 376 g/mol. The Morgan fingerprint density at radius 2 is 1.79 bits per heavy atom. The Kier molecular flexibility index (Phi) is 7.53. The van der Waals surface area contributed by atoms with Crippen LogP contribution in [0.2, 0.25) is 0 Å². The molecule has 2 aromatic rings. The van der Waals surface area contributed by atoms with Crippen LogP contribution in [0.1, 0.15) is 24.2 Å². The SMILES string of the molecule is CCN(CC)C(=O)c1ccccc1NCC(=O)Nc1ccc([N+](=O)[O-])cc1OC. The van der Waals surface area contributed by atoms with Gasteiger partial charge in [-0.2, -0.15) is 0 Å². The van der Waals surface area contributed by atoms with E-state index in [0.29, 0.717) is 30.0 Å². The van der Waals surface area contributed by atoms with E-state index < -0.39 is 4.92 Å². The van der Waals surface area contributed by atoms with Gasteiger partial charge in [-0.3, -0.25) is 19.7 Å². The summed E-state index contributed by atoms with van der Waals surface area (Å²) >= 11 is 0. The molecule has 0 aromatic heterocycles. The Morgan fingerprint density at radius 3 is 2.41 bits per heavy atom. The molecule has 9 nitrogen and oxygen atoms in total. The van der Waals surface area contributed by atoms with E-state index in [9.17, 15) is 19.7 Å². The van der Waals surface area contributed by atoms with Crippen LogP contribution in [0.15, 0.2) is 42.5 Å². The van der Waals surface area contributed by atoms with Gasteiger partial charge < -0.3 is 20.3 Å². The highest BCUT2D eigenvalue weighted by molar-refractivity contribution is 6.01. The lowest BCUT2D eigenvalue weighted by Gasteiger charge is -2.20. The number of nitro benzene ring substituents is 1. The minimum atomic E-state index is -0.542. The van der Waals surface area contributed by atoms with Gasteiger partial charge in [-0.1, -0.05) is 12.1 Å². The summed E-state index contributed by atoms with van der Waals surface area (Å²) in [5.41, 5.74) is 1.21. The smallest absolute Gasteiger partial charge is 0.273 e. The van der Waals surface area contributed by atoms with Crippen LogP contribution in [0.5, 0.6) is 5.75 Å². The Balaban J connectivity index is 2.09. The Bertz CT molecular complexity index is 896. The normalized spacial score (nSPS) is 10.2. The number of non-ortho nitro benzene ring substituents is 1. The minimum Gasteiger partial charge on any atom is -0.494 e. The summed E-state index contributed by atoms with van der Waals surface area (Å²) in [6, 6.07) is 10.9. The first-order valence-corrected chi connectivity index (χ1v) is 9.15. The largest absolute Gasteiger partial charge is 0.494 e. The van der Waals surface area contributed by atoms with Crippen molar-refractivity contribution in [2.45, 2.75) is 13.8 Å². The van der Waals surface area contributed by atoms with Gasteiger partial charge in [-0.15, -0.1) is 0 Å². The van der Waals surface area contributed by atoms with Crippen molar-refractivity contribution in [3.8, 4) is 5.75 Å². The molecule has 2 aromatic carbocycles. The Labute approximate surface area is 168 Å². The number of hydrogen-bond acceptors (Lipinski definition) is 6. The van der Waals surface area contributed by atoms with E-state index in [-0.39, 0.29) is 29.8 Å². The van der Waals surface area contributed by atoms with Crippen LogP contribution in [0.3, 0.4) is 0 Å². The van der Waals surface area contributed by atoms with Crippen LogP contribution in [-0.2, 0) is 4.79 Å². The number of anilines is 2. The second-order valence-corrected chi connectivity index (χ2v) is 6.07. The third-order valence-electron chi connectivity index (χ3n) is 4.32. The molecule has 29 heavy (non-hydrogen) atoms. The number of para-hydroxylation sites is 1. The molecule has 0 aliphatic heterocycles. The average molecular weight is 400 g/mol. The zero-order valence-electron chi connectivity index (χ0n) is 16.6. The van der Waals surface area contributed by atoms with Crippen LogP contribution < -0.4 is 15.4 Å². The molecule has 0 radical (unpaired) electrons. The molecule has 0 aliphatic rings. The molecule has 0 bridgehead atoms. The number of amides is 2. The molecule has 9 heteroatoms. The van der Waals surface area contributed by atoms with Gasteiger partial charge in [-0.05, 0) is 32.0 Å². The molecule has 2 rings (SSSR count). The summed E-state index contributed by atoms with van der Waals surface area (Å²) in [5.74, 6) is -0.317. The summed E-state index contributed by atoms with van der Waals surface area (Å²) < 4.78 is 5.11. The van der Waals surface area contributed by atoms with Crippen molar-refractivity contribution in [2.75, 3.05) is 37.4 Å². The fourth-order valence-electron chi connectivity index (χ4n) is 2.77. The number of methoxy groups -OCH3 is 1. The lowest BCUT2D eigenvalue weighted by atomic mass is 10.1. The highest BCUT2D eigenvalue weighted by Crippen LogP contribution is 2.29. The van der Waals surface area contributed by atoms with E-state index in [1.165, 1.54) is 25.3 Å². The number of rotatable bonds is 9. The van der Waals surface area contributed by atoms with Gasteiger partial charge >= 0.3 is 0 Å². The van der Waals surface area contributed by atoms with E-state index in [4.69, 9.17) is 4.74 Å². The van der Waals surface area contributed by atoms with Crippen molar-refractivity contribution in [3.05, 3.63) is 58.1 Å². The minimum absolute atomic E-state index is 0.0946. The number of benzene rings is 2. The van der Waals surface area contributed by atoms with Crippen molar-refractivity contribution in [3.63, 3.8) is 0 Å². The lowest BCUT2D eigenvalue weighted by molar-refractivity contribution is -0.384. The number of nitrogens with zero attached hydrogens (tertiary/aromatic N) is 2. The molecule has 154 valence electrons. The van der Waals surface area contributed by atoms with Gasteiger partial charge in [-0.25, -0.2) is 0 Å². The van der Waals surface area contributed by atoms with Gasteiger partial charge in [0.1, 0.15) is 5.75 Å². The number of nitro groups is 1. The van der Waals surface area contributed by atoms with Gasteiger partial charge in [0, 0.05) is 24.8 Å². The summed E-state index contributed by atoms with van der Waals surface area (Å²) in [7, 11) is 1.36. The van der Waals surface area contributed by atoms with Gasteiger partial charge in [0.2, 0.25) is 5.91 Å². The highest BCUT2D eigenvalue weighted by Gasteiger charge is 2.17. The summed E-state index contributed by atoms with van der Waals surface area (Å²) in [5, 5.41) is 16.5. The number of hydrogen-bond donors (Lipinski definition) is 2. The van der Waals surface area contributed by atoms with Crippen LogP contribution in [0, 0.1) is 10.1 Å². The first-order chi connectivity index (χ1) is 13.9. The van der Waals surface area contributed by atoms with E-state index in [1.54, 1.807) is 29.2 Å². The fraction of sp³-hybridized carbons (Fsp3) is 0.300. The highest BCUT2D eigenvalue weighted by atomic mass is 16.6. The summed E-state index contributed by atoms with van der Waals surface area (Å²) in [4.78, 5) is 37.0. The Hall–Kier alpha value is -3.62. The molecule has 0 spiro atoms. The maximum Gasteiger partial charge on any atom is 0.273 e. The van der Waals surface area contributed by atoms with Crippen LogP contribution in [0.4, 0.5) is 17.1 Å². The predicted molar refractivity (Wildman–Crippen MR) is 110 cm³/mol. The third-order valence-corrected chi connectivity index (χ3v) is 4.32. The van der Waals surface area contributed by atoms with E-state index in [0.717, 1.165) is 0 Å². The second-order valence-electron chi connectivity index (χ2n) is 6.07. The zero-order valence-corrected chi connectivity index (χ0v) is 16.6. The van der Waals surface area contributed by atoms with Crippen molar-refractivity contribution in [1.29, 1.82) is 0 Å². The van der Waals surface area contributed by atoms with E-state index in [1.807, 2.05) is 13.8 Å². The van der Waals surface area contributed by atoms with Crippen LogP contribution in [-0.4, -0.2) is 48.4 Å². The molecule has 0 fully saturated rings. The predicted octanol–water partition coefficient (Wildman–Crippen LogP) is 3.14. The monoisotopic (exact) mass is 400 g/mol. The molecular formula is C20H24N4O5. The molecule has 0 saturated heterocycles. The molecule has 2 amide bonds. The first-order valence-electron chi connectivity index (χ1n) is 9.15. The number of carbonyl (C=O) groups is 2. The quantitative estimate of drug-likeness (QED) is 0.494. The Morgan fingerprint density at radius 1 is 1.10 bits per heavy atom. The van der Waals surface area contributed by atoms with Gasteiger partial charge in [0.25, 0.3) is 11.6 Å². The fourth-order valence-corrected chi connectivity index (χ4v) is 2.77. The van der Waals surface area contributed by atoms with Crippen LogP contribution in [0.25, 0.3) is 0 Å². The average Bonchev–Trinajstić information content (AvgIpc) is 2.73. The van der Waals surface area contributed by atoms with E-state index in [2.05, 4.69) is 10.6 Å². The molecule has 0 aliphatic carbocycles.